The van der Waals surface area contributed by atoms with Gasteiger partial charge in [0.1, 0.15) is 22.8 Å². The second kappa shape index (κ2) is 10.8. The van der Waals surface area contributed by atoms with Gasteiger partial charge in [0, 0.05) is 30.4 Å². The highest BCUT2D eigenvalue weighted by molar-refractivity contribution is 8.00. The molecule has 3 amide bonds. The van der Waals surface area contributed by atoms with E-state index in [9.17, 15) is 28.7 Å². The van der Waals surface area contributed by atoms with Gasteiger partial charge in [0.2, 0.25) is 5.91 Å². The molecule has 0 saturated carbocycles. The number of nitrogens with zero attached hydrogens (tertiary/aromatic N) is 4. The first-order chi connectivity index (χ1) is 19.1. The van der Waals surface area contributed by atoms with Crippen LogP contribution in [-0.2, 0) is 24.0 Å². The van der Waals surface area contributed by atoms with Crippen molar-refractivity contribution in [2.45, 2.75) is 30.7 Å². The lowest BCUT2D eigenvalue weighted by molar-refractivity contribution is -0.939. The fourth-order valence-corrected chi connectivity index (χ4v) is 7.66. The van der Waals surface area contributed by atoms with Gasteiger partial charge in [0.05, 0.1) is 31.6 Å². The third kappa shape index (κ3) is 4.94. The lowest BCUT2D eigenvalue weighted by Crippen LogP contribution is -2.71. The number of hydrogen-bond donors (Lipinski definition) is 4. The van der Waals surface area contributed by atoms with Crippen molar-refractivity contribution < 1.29 is 38.0 Å². The molecule has 6 heterocycles. The Balaban J connectivity index is 1.27. The molecule has 0 unspecified atom stereocenters. The number of carboxylic acids is 1. The number of oxime groups is 1. The standard InChI is InChI=1S/C24H28FN7O6S2/c25-12-38-30-15(14-11-40-23(27)28-14)18(33)29-16-19(34)31-17(21(35)36)13(10-39-20(16)31)2-1-6-32-7-3-24(4-8-32,5-9-32)22(26)37/h1-2,11,16,20H,3-10,12H2,(H5-,26,27,28,29,33,35,36,37)/p+1/b2-1+,30-15-/t16-,20-,24?,32?/m1/s1. The predicted molar refractivity (Wildman–Crippen MR) is 144 cm³/mol. The molecule has 0 aromatic carbocycles. The van der Waals surface area contributed by atoms with Gasteiger partial charge in [-0.15, -0.1) is 23.1 Å². The van der Waals surface area contributed by atoms with Gasteiger partial charge in [-0.25, -0.2) is 14.2 Å². The number of primary amides is 1. The van der Waals surface area contributed by atoms with E-state index in [1.165, 1.54) is 22.0 Å². The molecule has 6 rings (SSSR count). The molecule has 4 saturated heterocycles. The number of nitrogens with two attached hydrogens (primary N) is 2. The summed E-state index contributed by atoms with van der Waals surface area (Å²) < 4.78 is 13.4. The van der Waals surface area contributed by atoms with E-state index in [0.717, 1.165) is 54.7 Å². The Bertz CT molecular complexity index is 1320. The van der Waals surface area contributed by atoms with Crippen LogP contribution in [-0.4, -0.2) is 99.1 Å². The summed E-state index contributed by atoms with van der Waals surface area (Å²) in [6, 6.07) is -1.02. The van der Waals surface area contributed by atoms with Crippen molar-refractivity contribution in [1.29, 1.82) is 0 Å². The van der Waals surface area contributed by atoms with E-state index < -0.39 is 36.1 Å². The van der Waals surface area contributed by atoms with Crippen molar-refractivity contribution in [2.75, 3.05) is 44.5 Å². The first-order valence-electron chi connectivity index (χ1n) is 12.6. The molecule has 6 N–H and O–H groups in total. The van der Waals surface area contributed by atoms with Crippen molar-refractivity contribution in [3.05, 3.63) is 34.5 Å². The number of hydrogen-bond acceptors (Lipinski definition) is 10. The van der Waals surface area contributed by atoms with E-state index in [1.807, 2.05) is 6.08 Å². The minimum atomic E-state index is -1.28. The maximum atomic E-state index is 13.0. The van der Waals surface area contributed by atoms with Crippen LogP contribution in [0.1, 0.15) is 25.0 Å². The first kappa shape index (κ1) is 28.0. The second-order valence-electron chi connectivity index (χ2n) is 10.3. The van der Waals surface area contributed by atoms with Gasteiger partial charge in [-0.1, -0.05) is 11.2 Å². The van der Waals surface area contributed by atoms with E-state index in [0.29, 0.717) is 17.9 Å². The number of allylic oxidation sites excluding steroid dienone is 1. The molecule has 0 radical (unpaired) electrons. The third-order valence-electron chi connectivity index (χ3n) is 8.20. The van der Waals surface area contributed by atoms with Gasteiger partial charge in [-0.2, -0.15) is 0 Å². The molecule has 16 heteroatoms. The lowest BCUT2D eigenvalue weighted by atomic mass is 9.70. The molecule has 2 atom stereocenters. The number of piperidine rings is 3. The summed E-state index contributed by atoms with van der Waals surface area (Å²) >= 11 is 2.37. The highest BCUT2D eigenvalue weighted by atomic mass is 32.2. The molecule has 1 aromatic rings. The number of rotatable bonds is 10. The number of aromatic nitrogens is 1. The Morgan fingerprint density at radius 1 is 1.32 bits per heavy atom. The highest BCUT2D eigenvalue weighted by Crippen LogP contribution is 2.44. The van der Waals surface area contributed by atoms with E-state index in [-0.39, 0.29) is 33.6 Å². The zero-order chi connectivity index (χ0) is 28.7. The number of nitrogens with one attached hydrogen (secondary N) is 1. The number of carbonyl (C=O) groups is 4. The fourth-order valence-electron chi connectivity index (χ4n) is 5.80. The number of β-lactam (4-membered cyclic amide) rings is 1. The Labute approximate surface area is 236 Å². The Kier molecular flexibility index (Phi) is 7.58. The van der Waals surface area contributed by atoms with Crippen LogP contribution in [0.15, 0.2) is 34.0 Å². The van der Waals surface area contributed by atoms with Crippen molar-refractivity contribution >= 4 is 57.6 Å². The van der Waals surface area contributed by atoms with Gasteiger partial charge in [0.25, 0.3) is 18.7 Å². The maximum absolute atomic E-state index is 13.0. The summed E-state index contributed by atoms with van der Waals surface area (Å²) in [7, 11) is 0. The molecular weight excluding hydrogens is 565 g/mol. The van der Waals surface area contributed by atoms with Crippen LogP contribution in [0.2, 0.25) is 0 Å². The van der Waals surface area contributed by atoms with Gasteiger partial charge in [0.15, 0.2) is 10.8 Å². The SMILES string of the molecule is NC(=O)C12CC[N+](C/C=C/C3=C(C(=O)O)N4C(=O)[C@@H](NC(=O)/C(=N\OCF)c5csc(N)n5)[C@H]4SC3)(CC1)CC2. The minimum absolute atomic E-state index is 0.0565. The van der Waals surface area contributed by atoms with Crippen LogP contribution in [0.25, 0.3) is 0 Å². The molecule has 5 aliphatic heterocycles. The lowest BCUT2D eigenvalue weighted by Gasteiger charge is -2.53. The molecular formula is C24H29FN7O6S2+. The third-order valence-corrected chi connectivity index (χ3v) is 10.2. The highest BCUT2D eigenvalue weighted by Gasteiger charge is 2.55. The van der Waals surface area contributed by atoms with Gasteiger partial charge in [-0.05, 0) is 11.6 Å². The van der Waals surface area contributed by atoms with Gasteiger partial charge >= 0.3 is 5.97 Å². The number of carbonyl (C=O) groups excluding carboxylic acids is 3. The largest absolute Gasteiger partial charge is 0.477 e. The normalized spacial score (nSPS) is 29.8. The number of thiazole rings is 1. The van der Waals surface area contributed by atoms with Crippen molar-refractivity contribution in [3.63, 3.8) is 0 Å². The molecule has 0 aliphatic carbocycles. The summed E-state index contributed by atoms with van der Waals surface area (Å²) in [6.07, 6.45) is 5.98. The number of fused-ring (bicyclic) bond motifs is 4. The van der Waals surface area contributed by atoms with Crippen molar-refractivity contribution in [3.8, 4) is 0 Å². The Morgan fingerprint density at radius 3 is 2.60 bits per heavy atom. The zero-order valence-corrected chi connectivity index (χ0v) is 23.0. The molecule has 1 aromatic heterocycles. The fraction of sp³-hybridized carbons (Fsp3) is 0.500. The van der Waals surface area contributed by atoms with Crippen LogP contribution in [0.5, 0.6) is 0 Å². The van der Waals surface area contributed by atoms with Crippen LogP contribution >= 0.6 is 23.1 Å². The van der Waals surface area contributed by atoms with Gasteiger partial charge < -0.3 is 31.2 Å². The topological polar surface area (TPSA) is 190 Å². The van der Waals surface area contributed by atoms with Crippen LogP contribution < -0.4 is 16.8 Å². The van der Waals surface area contributed by atoms with Crippen LogP contribution in [0, 0.1) is 5.41 Å². The molecule has 4 fully saturated rings. The van der Waals surface area contributed by atoms with E-state index in [4.69, 9.17) is 11.5 Å². The summed E-state index contributed by atoms with van der Waals surface area (Å²) in [6.45, 7) is 1.95. The first-order valence-corrected chi connectivity index (χ1v) is 14.5. The minimum Gasteiger partial charge on any atom is -0.477 e. The number of halogens is 1. The summed E-state index contributed by atoms with van der Waals surface area (Å²) in [4.78, 5) is 59.6. The van der Waals surface area contributed by atoms with Crippen LogP contribution in [0.3, 0.4) is 0 Å². The molecule has 40 heavy (non-hydrogen) atoms. The Hall–Kier alpha value is -3.50. The number of aliphatic carboxylic acids is 1. The Morgan fingerprint density at radius 2 is 2.02 bits per heavy atom. The quantitative estimate of drug-likeness (QED) is 0.126. The summed E-state index contributed by atoms with van der Waals surface area (Å²) in [5.74, 6) is -2.56. The molecule has 0 spiro atoms. The number of amides is 3. The second-order valence-corrected chi connectivity index (χ2v) is 12.3. The number of alkyl halides is 1. The van der Waals surface area contributed by atoms with Crippen molar-refractivity contribution in [1.82, 2.24) is 15.2 Å². The molecule has 2 bridgehead atoms. The predicted octanol–water partition coefficient (Wildman–Crippen LogP) is 0.154. The average Bonchev–Trinajstić information content (AvgIpc) is 3.38. The van der Waals surface area contributed by atoms with E-state index in [1.54, 1.807) is 6.08 Å². The monoisotopic (exact) mass is 594 g/mol. The van der Waals surface area contributed by atoms with Crippen LogP contribution in [0.4, 0.5) is 9.52 Å². The van der Waals surface area contributed by atoms with E-state index >= 15 is 0 Å². The van der Waals surface area contributed by atoms with Gasteiger partial charge in [-0.3, -0.25) is 19.3 Å². The molecule has 13 nitrogen and oxygen atoms in total. The average molecular weight is 595 g/mol. The number of thioether (sulfide) groups is 1. The van der Waals surface area contributed by atoms with E-state index in [2.05, 4.69) is 20.3 Å². The number of nitrogen functional groups attached to an aromatic ring is 1. The maximum Gasteiger partial charge on any atom is 0.352 e. The smallest absolute Gasteiger partial charge is 0.352 e. The zero-order valence-electron chi connectivity index (χ0n) is 21.4. The number of anilines is 1. The number of carboxylic acid groups (broad SMARTS) is 1. The number of quaternary nitrogens is 1. The molecule has 214 valence electrons. The summed E-state index contributed by atoms with van der Waals surface area (Å²) in [5, 5.41) is 16.9. The molecule has 5 aliphatic rings. The van der Waals surface area contributed by atoms with Crippen molar-refractivity contribution in [2.24, 2.45) is 16.3 Å². The summed E-state index contributed by atoms with van der Waals surface area (Å²) in [5.41, 5.74) is 11.0.